The highest BCUT2D eigenvalue weighted by atomic mass is 19.1. The third-order valence-corrected chi connectivity index (χ3v) is 3.18. The van der Waals surface area contributed by atoms with E-state index in [2.05, 4.69) is 10.3 Å². The molecule has 2 N–H and O–H groups in total. The smallest absolute Gasteiger partial charge is 0.328 e. The van der Waals surface area contributed by atoms with Crippen LogP contribution in [0.1, 0.15) is 15.9 Å². The Hall–Kier alpha value is -2.74. The number of amides is 1. The molecule has 0 saturated heterocycles. The van der Waals surface area contributed by atoms with Gasteiger partial charge in [-0.2, -0.15) is 0 Å². The lowest BCUT2D eigenvalue weighted by Crippen LogP contribution is -2.41. The molecule has 7 nitrogen and oxygen atoms in total. The summed E-state index contributed by atoms with van der Waals surface area (Å²) in [6.45, 7) is 0.250. The fraction of sp³-hybridized carbons (Fsp3) is 0.267. The van der Waals surface area contributed by atoms with Crippen LogP contribution >= 0.6 is 0 Å². The summed E-state index contributed by atoms with van der Waals surface area (Å²) in [6, 6.07) is 5.80. The normalized spacial score (nSPS) is 10.5. The van der Waals surface area contributed by atoms with E-state index < -0.39 is 23.0 Å². The van der Waals surface area contributed by atoms with Gasteiger partial charge in [-0.15, -0.1) is 0 Å². The van der Waals surface area contributed by atoms with Crippen LogP contribution in [0.25, 0.3) is 0 Å². The Bertz CT molecular complexity index is 813. The number of carbonyl (C=O) groups is 1. The van der Waals surface area contributed by atoms with Crippen molar-refractivity contribution in [3.63, 3.8) is 0 Å². The molecular weight excluding hydrogens is 305 g/mol. The van der Waals surface area contributed by atoms with Crippen molar-refractivity contribution in [2.75, 3.05) is 20.3 Å². The molecule has 0 spiro atoms. The molecule has 8 heteroatoms. The number of methoxy groups -OCH3 is 1. The Morgan fingerprint density at radius 3 is 2.78 bits per heavy atom. The number of hydrogen-bond acceptors (Lipinski definition) is 4. The van der Waals surface area contributed by atoms with Crippen molar-refractivity contribution in [2.24, 2.45) is 0 Å². The van der Waals surface area contributed by atoms with E-state index >= 15 is 0 Å². The van der Waals surface area contributed by atoms with Crippen molar-refractivity contribution >= 4 is 5.91 Å². The van der Waals surface area contributed by atoms with Gasteiger partial charge in [-0.05, 0) is 6.07 Å². The van der Waals surface area contributed by atoms with Crippen LogP contribution in [0.2, 0.25) is 0 Å². The SMILES string of the molecule is COCCNC(=O)c1c[nH]c(=O)n(Cc2ccccc2F)c1=O. The molecule has 1 amide bonds. The quantitative estimate of drug-likeness (QED) is 0.738. The number of nitrogens with one attached hydrogen (secondary N) is 2. The maximum Gasteiger partial charge on any atom is 0.328 e. The molecule has 1 aromatic heterocycles. The molecule has 0 saturated carbocycles. The monoisotopic (exact) mass is 321 g/mol. The van der Waals surface area contributed by atoms with E-state index in [1.165, 1.54) is 25.3 Å². The van der Waals surface area contributed by atoms with E-state index in [1.807, 2.05) is 0 Å². The van der Waals surface area contributed by atoms with E-state index in [0.717, 1.165) is 10.8 Å². The van der Waals surface area contributed by atoms with Gasteiger partial charge in [0.25, 0.3) is 11.5 Å². The van der Waals surface area contributed by atoms with Gasteiger partial charge in [0.2, 0.25) is 0 Å². The van der Waals surface area contributed by atoms with Crippen LogP contribution in [-0.2, 0) is 11.3 Å². The summed E-state index contributed by atoms with van der Waals surface area (Å²) in [5.74, 6) is -1.17. The minimum Gasteiger partial charge on any atom is -0.383 e. The second-order valence-electron chi connectivity index (χ2n) is 4.74. The number of hydrogen-bond donors (Lipinski definition) is 2. The lowest BCUT2D eigenvalue weighted by molar-refractivity contribution is 0.0934. The van der Waals surface area contributed by atoms with Gasteiger partial charge < -0.3 is 15.0 Å². The first-order valence-corrected chi connectivity index (χ1v) is 6.87. The number of benzene rings is 1. The zero-order chi connectivity index (χ0) is 16.8. The van der Waals surface area contributed by atoms with Crippen molar-refractivity contribution in [3.8, 4) is 0 Å². The van der Waals surface area contributed by atoms with Crippen LogP contribution in [0.15, 0.2) is 40.1 Å². The number of ether oxygens (including phenoxy) is 1. The molecular formula is C15H16FN3O4. The van der Waals surface area contributed by atoms with E-state index in [0.29, 0.717) is 6.61 Å². The van der Waals surface area contributed by atoms with Crippen LogP contribution < -0.4 is 16.6 Å². The second kappa shape index (κ2) is 7.50. The fourth-order valence-corrected chi connectivity index (χ4v) is 1.98. The first kappa shape index (κ1) is 16.6. The highest BCUT2D eigenvalue weighted by molar-refractivity contribution is 5.93. The molecule has 0 aliphatic carbocycles. The van der Waals surface area contributed by atoms with E-state index in [9.17, 15) is 18.8 Å². The van der Waals surface area contributed by atoms with Crippen molar-refractivity contribution < 1.29 is 13.9 Å². The first-order valence-electron chi connectivity index (χ1n) is 6.87. The number of nitrogens with zero attached hydrogens (tertiary/aromatic N) is 1. The molecule has 1 aromatic carbocycles. The third kappa shape index (κ3) is 3.92. The minimum atomic E-state index is -0.785. The Morgan fingerprint density at radius 1 is 1.35 bits per heavy atom. The second-order valence-corrected chi connectivity index (χ2v) is 4.74. The molecule has 0 aliphatic heterocycles. The van der Waals surface area contributed by atoms with Crippen molar-refractivity contribution in [1.82, 2.24) is 14.9 Å². The predicted molar refractivity (Wildman–Crippen MR) is 81.0 cm³/mol. The molecule has 2 aromatic rings. The maximum atomic E-state index is 13.7. The summed E-state index contributed by atoms with van der Waals surface area (Å²) >= 11 is 0. The highest BCUT2D eigenvalue weighted by Crippen LogP contribution is 2.06. The molecule has 1 heterocycles. The molecule has 23 heavy (non-hydrogen) atoms. The van der Waals surface area contributed by atoms with Crippen LogP contribution in [0.3, 0.4) is 0 Å². The summed E-state index contributed by atoms with van der Waals surface area (Å²) in [5.41, 5.74) is -1.55. The standard InChI is InChI=1S/C15H16FN3O4/c1-23-7-6-17-13(20)11-8-18-15(22)19(14(11)21)9-10-4-2-3-5-12(10)16/h2-5,8H,6-7,9H2,1H3,(H,17,20)(H,18,22). The predicted octanol–water partition coefficient (Wildman–Crippen LogP) is 0.100. The van der Waals surface area contributed by atoms with E-state index in [4.69, 9.17) is 4.74 Å². The Labute approximate surface area is 130 Å². The van der Waals surface area contributed by atoms with E-state index in [1.54, 1.807) is 6.07 Å². The van der Waals surface area contributed by atoms with Crippen LogP contribution in [0.4, 0.5) is 4.39 Å². The summed E-state index contributed by atoms with van der Waals surface area (Å²) in [5, 5.41) is 2.49. The number of carbonyl (C=O) groups excluding carboxylic acids is 1. The van der Waals surface area contributed by atoms with Gasteiger partial charge in [0.05, 0.1) is 13.2 Å². The van der Waals surface area contributed by atoms with Gasteiger partial charge in [-0.25, -0.2) is 9.18 Å². The summed E-state index contributed by atoms with van der Waals surface area (Å²) < 4.78 is 19.3. The number of rotatable bonds is 6. The first-order chi connectivity index (χ1) is 11.0. The summed E-state index contributed by atoms with van der Waals surface area (Å²) in [7, 11) is 1.48. The summed E-state index contributed by atoms with van der Waals surface area (Å²) in [4.78, 5) is 38.4. The minimum absolute atomic E-state index is 0.178. The lowest BCUT2D eigenvalue weighted by Gasteiger charge is -2.08. The average molecular weight is 321 g/mol. The van der Waals surface area contributed by atoms with Crippen molar-refractivity contribution in [3.05, 3.63) is 68.2 Å². The van der Waals surface area contributed by atoms with Crippen LogP contribution in [-0.4, -0.2) is 35.7 Å². The Morgan fingerprint density at radius 2 is 2.09 bits per heavy atom. The number of H-pyrrole nitrogens is 1. The number of aromatic amines is 1. The van der Waals surface area contributed by atoms with E-state index in [-0.39, 0.29) is 24.2 Å². The highest BCUT2D eigenvalue weighted by Gasteiger charge is 2.15. The number of halogens is 1. The number of aromatic nitrogens is 2. The fourth-order valence-electron chi connectivity index (χ4n) is 1.98. The molecule has 0 fully saturated rings. The molecule has 122 valence electrons. The average Bonchev–Trinajstić information content (AvgIpc) is 2.53. The Kier molecular flexibility index (Phi) is 5.42. The molecule has 0 aliphatic rings. The molecule has 2 rings (SSSR count). The largest absolute Gasteiger partial charge is 0.383 e. The summed E-state index contributed by atoms with van der Waals surface area (Å²) in [6.07, 6.45) is 1.05. The van der Waals surface area contributed by atoms with Crippen LogP contribution in [0.5, 0.6) is 0 Å². The molecule has 0 unspecified atom stereocenters. The van der Waals surface area contributed by atoms with Crippen molar-refractivity contribution in [2.45, 2.75) is 6.54 Å². The third-order valence-electron chi connectivity index (χ3n) is 3.18. The van der Waals surface area contributed by atoms with Crippen LogP contribution in [0, 0.1) is 5.82 Å². The van der Waals surface area contributed by atoms with Gasteiger partial charge in [0.1, 0.15) is 11.4 Å². The van der Waals surface area contributed by atoms with Gasteiger partial charge in [0.15, 0.2) is 0 Å². The zero-order valence-corrected chi connectivity index (χ0v) is 12.5. The molecule has 0 atom stereocenters. The lowest BCUT2D eigenvalue weighted by atomic mass is 10.2. The Balaban J connectivity index is 2.32. The van der Waals surface area contributed by atoms with Crippen molar-refractivity contribution in [1.29, 1.82) is 0 Å². The van der Waals surface area contributed by atoms with Gasteiger partial charge in [0, 0.05) is 25.4 Å². The topological polar surface area (TPSA) is 93.2 Å². The van der Waals surface area contributed by atoms with Gasteiger partial charge in [-0.1, -0.05) is 18.2 Å². The molecule has 0 radical (unpaired) electrons. The maximum absolute atomic E-state index is 13.7. The van der Waals surface area contributed by atoms with Gasteiger partial charge in [-0.3, -0.25) is 14.2 Å². The molecule has 0 bridgehead atoms. The van der Waals surface area contributed by atoms with Gasteiger partial charge >= 0.3 is 5.69 Å². The zero-order valence-electron chi connectivity index (χ0n) is 12.5.